The molecule has 0 fully saturated rings. The number of halogens is 1. The van der Waals surface area contributed by atoms with E-state index in [-0.39, 0.29) is 18.3 Å². The Labute approximate surface area is 102 Å². The number of nitrogens with two attached hydrogens (primary N) is 1. The fourth-order valence-electron chi connectivity index (χ4n) is 0.967. The smallest absolute Gasteiger partial charge is 0.243 e. The van der Waals surface area contributed by atoms with Crippen molar-refractivity contribution in [2.75, 3.05) is 12.4 Å². The lowest BCUT2D eigenvalue weighted by Crippen LogP contribution is -2.45. The molecule has 0 bridgehead atoms. The maximum absolute atomic E-state index is 11.5. The van der Waals surface area contributed by atoms with Crippen molar-refractivity contribution < 1.29 is 9.53 Å². The van der Waals surface area contributed by atoms with Crippen LogP contribution in [0.3, 0.4) is 0 Å². The standard InChI is InChI=1S/C11H16N2O2.ClH/c1-11(2,12)10(14)13-8-4-6-9(15-3)7-5-8;/h4-7H,12H2,1-3H3,(H,13,14);1H. The van der Waals surface area contributed by atoms with Crippen molar-refractivity contribution in [3.05, 3.63) is 24.3 Å². The Hall–Kier alpha value is -1.26. The average Bonchev–Trinajstić information content (AvgIpc) is 2.17. The molecule has 0 saturated carbocycles. The zero-order valence-electron chi connectivity index (χ0n) is 9.61. The topological polar surface area (TPSA) is 64.3 Å². The molecule has 1 aromatic carbocycles. The van der Waals surface area contributed by atoms with Crippen LogP contribution in [0.15, 0.2) is 24.3 Å². The molecule has 1 aromatic rings. The van der Waals surface area contributed by atoms with E-state index in [1.54, 1.807) is 45.2 Å². The van der Waals surface area contributed by atoms with E-state index in [4.69, 9.17) is 10.5 Å². The minimum Gasteiger partial charge on any atom is -0.497 e. The first-order chi connectivity index (χ1) is 6.93. The summed E-state index contributed by atoms with van der Waals surface area (Å²) >= 11 is 0. The molecular weight excluding hydrogens is 228 g/mol. The van der Waals surface area contributed by atoms with Gasteiger partial charge in [0.05, 0.1) is 12.6 Å². The number of carbonyl (C=O) groups is 1. The summed E-state index contributed by atoms with van der Waals surface area (Å²) in [6.45, 7) is 3.32. The second-order valence-corrected chi connectivity index (χ2v) is 3.90. The summed E-state index contributed by atoms with van der Waals surface area (Å²) in [4.78, 5) is 11.5. The first kappa shape index (κ1) is 14.7. The van der Waals surface area contributed by atoms with Gasteiger partial charge in [0.2, 0.25) is 5.91 Å². The highest BCUT2D eigenvalue weighted by Crippen LogP contribution is 2.15. The van der Waals surface area contributed by atoms with Gasteiger partial charge in [-0.05, 0) is 38.1 Å². The summed E-state index contributed by atoms with van der Waals surface area (Å²) in [5, 5.41) is 2.71. The zero-order chi connectivity index (χ0) is 11.5. The van der Waals surface area contributed by atoms with Gasteiger partial charge in [0.1, 0.15) is 5.75 Å². The Balaban J connectivity index is 0.00000225. The van der Waals surface area contributed by atoms with Crippen LogP contribution in [-0.4, -0.2) is 18.6 Å². The lowest BCUT2D eigenvalue weighted by Gasteiger charge is -2.17. The van der Waals surface area contributed by atoms with Crippen LogP contribution >= 0.6 is 12.4 Å². The number of hydrogen-bond donors (Lipinski definition) is 2. The monoisotopic (exact) mass is 244 g/mol. The van der Waals surface area contributed by atoms with Crippen molar-refractivity contribution in [2.45, 2.75) is 19.4 Å². The van der Waals surface area contributed by atoms with E-state index in [2.05, 4.69) is 5.32 Å². The molecule has 16 heavy (non-hydrogen) atoms. The van der Waals surface area contributed by atoms with Crippen molar-refractivity contribution in [2.24, 2.45) is 5.73 Å². The molecule has 0 aliphatic heterocycles. The maximum Gasteiger partial charge on any atom is 0.243 e. The molecule has 4 nitrogen and oxygen atoms in total. The van der Waals surface area contributed by atoms with Gasteiger partial charge in [0.15, 0.2) is 0 Å². The van der Waals surface area contributed by atoms with Gasteiger partial charge in [0, 0.05) is 5.69 Å². The number of rotatable bonds is 3. The Kier molecular flexibility index (Phi) is 5.27. The van der Waals surface area contributed by atoms with Gasteiger partial charge in [-0.15, -0.1) is 12.4 Å². The van der Waals surface area contributed by atoms with Gasteiger partial charge in [-0.3, -0.25) is 4.79 Å². The van der Waals surface area contributed by atoms with Crippen LogP contribution in [0.1, 0.15) is 13.8 Å². The summed E-state index contributed by atoms with van der Waals surface area (Å²) in [7, 11) is 1.59. The predicted octanol–water partition coefficient (Wildman–Crippen LogP) is 1.79. The molecule has 0 spiro atoms. The van der Waals surface area contributed by atoms with Gasteiger partial charge in [0.25, 0.3) is 0 Å². The van der Waals surface area contributed by atoms with Crippen molar-refractivity contribution in [3.63, 3.8) is 0 Å². The molecule has 0 atom stereocenters. The largest absolute Gasteiger partial charge is 0.497 e. The van der Waals surface area contributed by atoms with E-state index in [0.717, 1.165) is 5.75 Å². The third kappa shape index (κ3) is 4.08. The molecule has 0 unspecified atom stereocenters. The van der Waals surface area contributed by atoms with Gasteiger partial charge in [-0.25, -0.2) is 0 Å². The number of amides is 1. The summed E-state index contributed by atoms with van der Waals surface area (Å²) in [5.41, 5.74) is 5.48. The van der Waals surface area contributed by atoms with Gasteiger partial charge >= 0.3 is 0 Å². The van der Waals surface area contributed by atoms with E-state index in [1.165, 1.54) is 0 Å². The van der Waals surface area contributed by atoms with Crippen LogP contribution in [0, 0.1) is 0 Å². The normalized spacial score (nSPS) is 10.2. The Morgan fingerprint density at radius 1 is 1.31 bits per heavy atom. The van der Waals surface area contributed by atoms with Gasteiger partial charge in [-0.2, -0.15) is 0 Å². The first-order valence-electron chi connectivity index (χ1n) is 4.68. The molecule has 0 heterocycles. The summed E-state index contributed by atoms with van der Waals surface area (Å²) < 4.78 is 5.00. The number of methoxy groups -OCH3 is 1. The molecule has 0 radical (unpaired) electrons. The summed E-state index contributed by atoms with van der Waals surface area (Å²) in [6, 6.07) is 7.09. The predicted molar refractivity (Wildman–Crippen MR) is 67.1 cm³/mol. The Bertz CT molecular complexity index is 344. The SMILES string of the molecule is COc1ccc(NC(=O)C(C)(C)N)cc1.Cl. The van der Waals surface area contributed by atoms with Crippen molar-refractivity contribution >= 4 is 24.0 Å². The van der Waals surface area contributed by atoms with Crippen molar-refractivity contribution in [1.82, 2.24) is 0 Å². The quantitative estimate of drug-likeness (QED) is 0.852. The number of ether oxygens (including phenoxy) is 1. The third-order valence-electron chi connectivity index (χ3n) is 1.93. The van der Waals surface area contributed by atoms with Crippen LogP contribution in [0.5, 0.6) is 5.75 Å². The average molecular weight is 245 g/mol. The first-order valence-corrected chi connectivity index (χ1v) is 4.68. The second-order valence-electron chi connectivity index (χ2n) is 3.90. The Morgan fingerprint density at radius 3 is 2.19 bits per heavy atom. The van der Waals surface area contributed by atoms with Gasteiger partial charge < -0.3 is 15.8 Å². The van der Waals surface area contributed by atoms with Crippen molar-refractivity contribution in [3.8, 4) is 5.75 Å². The highest BCUT2D eigenvalue weighted by Gasteiger charge is 2.21. The number of hydrogen-bond acceptors (Lipinski definition) is 3. The third-order valence-corrected chi connectivity index (χ3v) is 1.93. The fourth-order valence-corrected chi connectivity index (χ4v) is 0.967. The molecule has 0 aliphatic rings. The lowest BCUT2D eigenvalue weighted by molar-refractivity contribution is -0.120. The number of anilines is 1. The molecule has 0 aliphatic carbocycles. The van der Waals surface area contributed by atoms with Gasteiger partial charge in [-0.1, -0.05) is 0 Å². The molecule has 0 aromatic heterocycles. The van der Waals surface area contributed by atoms with Crippen LogP contribution < -0.4 is 15.8 Å². The summed E-state index contributed by atoms with van der Waals surface area (Å²) in [6.07, 6.45) is 0. The molecule has 0 saturated heterocycles. The number of benzene rings is 1. The molecule has 3 N–H and O–H groups in total. The minimum absolute atomic E-state index is 0. The zero-order valence-corrected chi connectivity index (χ0v) is 10.4. The maximum atomic E-state index is 11.5. The van der Waals surface area contributed by atoms with Crippen molar-refractivity contribution in [1.29, 1.82) is 0 Å². The van der Waals surface area contributed by atoms with E-state index in [0.29, 0.717) is 5.69 Å². The van der Waals surface area contributed by atoms with E-state index in [9.17, 15) is 4.79 Å². The highest BCUT2D eigenvalue weighted by atomic mass is 35.5. The van der Waals surface area contributed by atoms with Crippen LogP contribution in [0.4, 0.5) is 5.69 Å². The van der Waals surface area contributed by atoms with Crippen LogP contribution in [-0.2, 0) is 4.79 Å². The Morgan fingerprint density at radius 2 is 1.81 bits per heavy atom. The minimum atomic E-state index is -0.875. The number of carbonyl (C=O) groups excluding carboxylic acids is 1. The summed E-state index contributed by atoms with van der Waals surface area (Å²) in [5.74, 6) is 0.535. The van der Waals surface area contributed by atoms with E-state index in [1.807, 2.05) is 0 Å². The molecule has 1 rings (SSSR count). The lowest BCUT2D eigenvalue weighted by atomic mass is 10.1. The van der Waals surface area contributed by atoms with E-state index < -0.39 is 5.54 Å². The van der Waals surface area contributed by atoms with E-state index >= 15 is 0 Å². The molecule has 90 valence electrons. The second kappa shape index (κ2) is 5.72. The fraction of sp³-hybridized carbons (Fsp3) is 0.364. The number of nitrogens with one attached hydrogen (secondary N) is 1. The highest BCUT2D eigenvalue weighted by molar-refractivity contribution is 5.97. The molecule has 5 heteroatoms. The van der Waals surface area contributed by atoms with Crippen LogP contribution in [0.25, 0.3) is 0 Å². The molecule has 1 amide bonds. The van der Waals surface area contributed by atoms with Crippen LogP contribution in [0.2, 0.25) is 0 Å². The molecular formula is C11H17ClN2O2.